The van der Waals surface area contributed by atoms with Crippen molar-refractivity contribution < 1.29 is 24.2 Å². The van der Waals surface area contributed by atoms with Crippen molar-refractivity contribution in [3.63, 3.8) is 0 Å². The number of rotatable bonds is 6. The maximum Gasteiger partial charge on any atom is 0.335 e. The van der Waals surface area contributed by atoms with Crippen molar-refractivity contribution in [2.24, 2.45) is 0 Å². The molecule has 0 spiro atoms. The molecule has 6 nitrogen and oxygen atoms in total. The number of ether oxygens (including phenoxy) is 2. The Hall–Kier alpha value is -3.02. The lowest BCUT2D eigenvalue weighted by Gasteiger charge is -2.08. The quantitative estimate of drug-likeness (QED) is 0.856. The van der Waals surface area contributed by atoms with Crippen LogP contribution in [0.1, 0.15) is 10.4 Å². The molecule has 2 aromatic rings. The minimum absolute atomic E-state index is 0.160. The van der Waals surface area contributed by atoms with Crippen LogP contribution < -0.4 is 14.8 Å². The number of carbonyl (C=O) groups excluding carboxylic acids is 1. The molecule has 0 heterocycles. The maximum absolute atomic E-state index is 11.8. The Labute approximate surface area is 127 Å². The zero-order chi connectivity index (χ0) is 15.9. The van der Waals surface area contributed by atoms with Crippen molar-refractivity contribution in [3.8, 4) is 11.5 Å². The smallest absolute Gasteiger partial charge is 0.335 e. The second-order valence-electron chi connectivity index (χ2n) is 4.40. The average Bonchev–Trinajstić information content (AvgIpc) is 2.53. The van der Waals surface area contributed by atoms with Crippen molar-refractivity contribution in [2.45, 2.75) is 0 Å². The molecule has 2 N–H and O–H groups in total. The summed E-state index contributed by atoms with van der Waals surface area (Å²) in [6.07, 6.45) is 0. The standard InChI is InChI=1S/C16H15NO5/c1-21-14-4-2-3-12(9-14)17-15(18)10-22-13-7-5-11(6-8-13)16(19)20/h2-9H,10H2,1H3,(H,17,18)(H,19,20). The minimum atomic E-state index is -1.01. The molecular formula is C16H15NO5. The van der Waals surface area contributed by atoms with E-state index in [0.29, 0.717) is 17.2 Å². The highest BCUT2D eigenvalue weighted by Crippen LogP contribution is 2.17. The third-order valence-corrected chi connectivity index (χ3v) is 2.82. The molecule has 0 atom stereocenters. The van der Waals surface area contributed by atoms with Crippen molar-refractivity contribution in [2.75, 3.05) is 19.0 Å². The van der Waals surface area contributed by atoms with E-state index in [4.69, 9.17) is 14.6 Å². The molecule has 0 saturated carbocycles. The lowest BCUT2D eigenvalue weighted by Crippen LogP contribution is -2.20. The maximum atomic E-state index is 11.8. The summed E-state index contributed by atoms with van der Waals surface area (Å²) in [6.45, 7) is -0.177. The van der Waals surface area contributed by atoms with Gasteiger partial charge >= 0.3 is 5.97 Å². The number of anilines is 1. The fourth-order valence-corrected chi connectivity index (χ4v) is 1.74. The highest BCUT2D eigenvalue weighted by atomic mass is 16.5. The molecular weight excluding hydrogens is 286 g/mol. The number of hydrogen-bond donors (Lipinski definition) is 2. The Bertz CT molecular complexity index is 666. The summed E-state index contributed by atoms with van der Waals surface area (Å²) in [5.41, 5.74) is 0.766. The fraction of sp³-hybridized carbons (Fsp3) is 0.125. The second-order valence-corrected chi connectivity index (χ2v) is 4.40. The van der Waals surface area contributed by atoms with Gasteiger partial charge in [-0.3, -0.25) is 4.79 Å². The summed E-state index contributed by atoms with van der Waals surface area (Å²) in [5, 5.41) is 11.5. The van der Waals surface area contributed by atoms with E-state index in [1.165, 1.54) is 24.3 Å². The van der Waals surface area contributed by atoms with Gasteiger partial charge in [0.25, 0.3) is 5.91 Å². The Balaban J connectivity index is 1.88. The molecule has 114 valence electrons. The van der Waals surface area contributed by atoms with Crippen molar-refractivity contribution in [1.29, 1.82) is 0 Å². The highest BCUT2D eigenvalue weighted by Gasteiger charge is 2.06. The summed E-state index contributed by atoms with van der Waals surface area (Å²) in [4.78, 5) is 22.5. The summed E-state index contributed by atoms with van der Waals surface area (Å²) in [7, 11) is 1.55. The van der Waals surface area contributed by atoms with Crippen LogP contribution in [0.4, 0.5) is 5.69 Å². The molecule has 2 aromatic carbocycles. The number of nitrogens with one attached hydrogen (secondary N) is 1. The fourth-order valence-electron chi connectivity index (χ4n) is 1.74. The summed E-state index contributed by atoms with van der Waals surface area (Å²) in [6, 6.07) is 12.8. The van der Waals surface area contributed by atoms with Crippen LogP contribution in [0.3, 0.4) is 0 Å². The molecule has 0 unspecified atom stereocenters. The van der Waals surface area contributed by atoms with Crippen LogP contribution in [0.5, 0.6) is 11.5 Å². The number of carboxylic acids is 1. The molecule has 0 fully saturated rings. The van der Waals surface area contributed by atoms with Gasteiger partial charge in [-0.15, -0.1) is 0 Å². The van der Waals surface area contributed by atoms with Gasteiger partial charge in [0.2, 0.25) is 0 Å². The molecule has 0 aromatic heterocycles. The summed E-state index contributed by atoms with van der Waals surface area (Å²) >= 11 is 0. The van der Waals surface area contributed by atoms with Crippen LogP contribution >= 0.6 is 0 Å². The van der Waals surface area contributed by atoms with Gasteiger partial charge in [-0.25, -0.2) is 4.79 Å². The first kappa shape index (κ1) is 15.4. The molecule has 0 aliphatic carbocycles. The van der Waals surface area contributed by atoms with Crippen molar-refractivity contribution in [1.82, 2.24) is 0 Å². The van der Waals surface area contributed by atoms with Crippen molar-refractivity contribution in [3.05, 3.63) is 54.1 Å². The molecule has 0 saturated heterocycles. The van der Waals surface area contributed by atoms with Crippen LogP contribution in [0, 0.1) is 0 Å². The van der Waals surface area contributed by atoms with Crippen LogP contribution in [0.15, 0.2) is 48.5 Å². The van der Waals surface area contributed by atoms with Gasteiger partial charge in [0.05, 0.1) is 12.7 Å². The predicted molar refractivity (Wildman–Crippen MR) is 80.5 cm³/mol. The van der Waals surface area contributed by atoms with E-state index in [1.54, 1.807) is 31.4 Å². The Kier molecular flexibility index (Phi) is 4.98. The van der Waals surface area contributed by atoms with Crippen LogP contribution in [0.2, 0.25) is 0 Å². The molecule has 22 heavy (non-hydrogen) atoms. The van der Waals surface area contributed by atoms with Crippen LogP contribution in [0.25, 0.3) is 0 Å². The van der Waals surface area contributed by atoms with Gasteiger partial charge in [0.15, 0.2) is 6.61 Å². The highest BCUT2D eigenvalue weighted by molar-refractivity contribution is 5.92. The molecule has 0 aliphatic heterocycles. The third kappa shape index (κ3) is 4.24. The normalized spacial score (nSPS) is 9.86. The number of methoxy groups -OCH3 is 1. The summed E-state index contributed by atoms with van der Waals surface area (Å²) < 4.78 is 10.4. The van der Waals surface area contributed by atoms with Gasteiger partial charge in [-0.1, -0.05) is 6.07 Å². The SMILES string of the molecule is COc1cccc(NC(=O)COc2ccc(C(=O)O)cc2)c1. The topological polar surface area (TPSA) is 84.9 Å². The second kappa shape index (κ2) is 7.12. The third-order valence-electron chi connectivity index (χ3n) is 2.82. The van der Waals surface area contributed by atoms with Gasteiger partial charge in [0, 0.05) is 11.8 Å². The van der Waals surface area contributed by atoms with E-state index in [9.17, 15) is 9.59 Å². The number of amides is 1. The van der Waals surface area contributed by atoms with E-state index in [2.05, 4.69) is 5.32 Å². The zero-order valence-corrected chi connectivity index (χ0v) is 11.9. The number of carboxylic acid groups (broad SMARTS) is 1. The molecule has 0 aliphatic rings. The van der Waals surface area contributed by atoms with Gasteiger partial charge in [-0.05, 0) is 36.4 Å². The van der Waals surface area contributed by atoms with E-state index in [1.807, 2.05) is 0 Å². The molecule has 1 amide bonds. The molecule has 6 heteroatoms. The van der Waals surface area contributed by atoms with Gasteiger partial charge in [0.1, 0.15) is 11.5 Å². The first-order valence-electron chi connectivity index (χ1n) is 6.48. The van der Waals surface area contributed by atoms with E-state index in [0.717, 1.165) is 0 Å². The van der Waals surface area contributed by atoms with Gasteiger partial charge in [-0.2, -0.15) is 0 Å². The number of carbonyl (C=O) groups is 2. The first-order valence-corrected chi connectivity index (χ1v) is 6.48. The zero-order valence-electron chi connectivity index (χ0n) is 11.9. The van der Waals surface area contributed by atoms with E-state index < -0.39 is 5.97 Å². The van der Waals surface area contributed by atoms with Crippen molar-refractivity contribution >= 4 is 17.6 Å². The lowest BCUT2D eigenvalue weighted by atomic mass is 10.2. The number of benzene rings is 2. The van der Waals surface area contributed by atoms with Crippen LogP contribution in [-0.4, -0.2) is 30.7 Å². The predicted octanol–water partition coefficient (Wildman–Crippen LogP) is 2.41. The van der Waals surface area contributed by atoms with E-state index in [-0.39, 0.29) is 18.1 Å². The molecule has 0 radical (unpaired) electrons. The van der Waals surface area contributed by atoms with Crippen LogP contribution in [-0.2, 0) is 4.79 Å². The Morgan fingerprint density at radius 2 is 1.82 bits per heavy atom. The molecule has 2 rings (SSSR count). The largest absolute Gasteiger partial charge is 0.497 e. The molecule has 0 bridgehead atoms. The lowest BCUT2D eigenvalue weighted by molar-refractivity contribution is -0.118. The average molecular weight is 301 g/mol. The Morgan fingerprint density at radius 3 is 2.45 bits per heavy atom. The number of hydrogen-bond acceptors (Lipinski definition) is 4. The first-order chi connectivity index (χ1) is 10.6. The minimum Gasteiger partial charge on any atom is -0.497 e. The van der Waals surface area contributed by atoms with E-state index >= 15 is 0 Å². The summed E-state index contributed by atoms with van der Waals surface area (Å²) in [5.74, 6) is -0.272. The Morgan fingerprint density at radius 1 is 1.09 bits per heavy atom. The van der Waals surface area contributed by atoms with Gasteiger partial charge < -0.3 is 19.9 Å². The number of aromatic carboxylic acids is 1. The monoisotopic (exact) mass is 301 g/mol.